The Bertz CT molecular complexity index is 1130. The third-order valence-electron chi connectivity index (χ3n) is 7.70. The van der Waals surface area contributed by atoms with Crippen LogP contribution in [-0.2, 0) is 0 Å². The summed E-state index contributed by atoms with van der Waals surface area (Å²) >= 11 is 0. The van der Waals surface area contributed by atoms with Crippen molar-refractivity contribution in [3.8, 4) is 11.5 Å². The Labute approximate surface area is 222 Å². The number of ether oxygens (including phenoxy) is 1. The van der Waals surface area contributed by atoms with E-state index >= 15 is 0 Å². The van der Waals surface area contributed by atoms with E-state index in [2.05, 4.69) is 71.3 Å². The molecule has 2 aliphatic rings. The molecule has 0 unspecified atom stereocenters. The Hall–Kier alpha value is -3.08. The fraction of sp³-hybridized carbons (Fsp3) is 0.394. The minimum absolute atomic E-state index is 0.185. The predicted octanol–water partition coefficient (Wildman–Crippen LogP) is 6.70. The minimum Gasteiger partial charge on any atom is -0.508 e. The smallest absolute Gasteiger partial charge is 0.124 e. The van der Waals surface area contributed by atoms with E-state index in [0.717, 1.165) is 36.4 Å². The number of hydrogen-bond donors (Lipinski definition) is 1. The Balaban J connectivity index is 1.42. The van der Waals surface area contributed by atoms with E-state index < -0.39 is 0 Å². The number of rotatable bonds is 10. The quantitative estimate of drug-likeness (QED) is 0.317. The fourth-order valence-corrected chi connectivity index (χ4v) is 5.84. The van der Waals surface area contributed by atoms with Gasteiger partial charge >= 0.3 is 0 Å². The first-order valence-corrected chi connectivity index (χ1v) is 14.0. The van der Waals surface area contributed by atoms with E-state index in [1.165, 1.54) is 68.6 Å². The molecular weight excluding hydrogens is 456 g/mol. The SMILES string of the molecule is CCC(=C(c1ccc(O)cc1)c1ccc(OC(CN2CCCC2)CN2CCCC2)cc1)c1ccccc1. The lowest BCUT2D eigenvalue weighted by Gasteiger charge is -2.28. The number of phenols is 1. The van der Waals surface area contributed by atoms with Crippen molar-refractivity contribution in [2.24, 2.45) is 0 Å². The molecule has 2 saturated heterocycles. The maximum absolute atomic E-state index is 9.91. The van der Waals surface area contributed by atoms with Gasteiger partial charge in [0.05, 0.1) is 0 Å². The number of phenolic OH excluding ortho intramolecular Hbond substituents is 1. The van der Waals surface area contributed by atoms with Crippen molar-refractivity contribution in [3.05, 3.63) is 95.6 Å². The molecule has 2 aliphatic heterocycles. The van der Waals surface area contributed by atoms with Crippen molar-refractivity contribution in [2.45, 2.75) is 45.1 Å². The van der Waals surface area contributed by atoms with Gasteiger partial charge in [-0.25, -0.2) is 0 Å². The standard InChI is InChI=1S/C33H40N2O2/c1-2-32(26-10-4-3-5-11-26)33(27-12-16-29(36)17-13-27)28-14-18-30(19-15-28)37-31(24-34-20-6-7-21-34)25-35-22-8-9-23-35/h3-5,10-19,31,36H,2,6-9,20-25H2,1H3. The van der Waals surface area contributed by atoms with Crippen LogP contribution in [0.2, 0.25) is 0 Å². The van der Waals surface area contributed by atoms with Crippen LogP contribution in [0.15, 0.2) is 78.9 Å². The van der Waals surface area contributed by atoms with Gasteiger partial charge in [-0.15, -0.1) is 0 Å². The molecule has 0 saturated carbocycles. The molecule has 0 bridgehead atoms. The molecule has 1 N–H and O–H groups in total. The lowest BCUT2D eigenvalue weighted by Crippen LogP contribution is -2.41. The van der Waals surface area contributed by atoms with Gasteiger partial charge in [-0.3, -0.25) is 9.80 Å². The van der Waals surface area contributed by atoms with Crippen LogP contribution in [0.5, 0.6) is 11.5 Å². The molecule has 0 spiro atoms. The van der Waals surface area contributed by atoms with Gasteiger partial charge < -0.3 is 9.84 Å². The number of aromatic hydroxyl groups is 1. The average Bonchev–Trinajstić information content (AvgIpc) is 3.64. The molecule has 3 aromatic carbocycles. The molecule has 0 radical (unpaired) electrons. The zero-order chi connectivity index (χ0) is 25.5. The molecule has 3 aromatic rings. The molecule has 0 amide bonds. The van der Waals surface area contributed by atoms with Crippen LogP contribution in [0, 0.1) is 0 Å². The van der Waals surface area contributed by atoms with Gasteiger partial charge in [0.1, 0.15) is 17.6 Å². The summed E-state index contributed by atoms with van der Waals surface area (Å²) in [6.07, 6.45) is 6.31. The summed E-state index contributed by atoms with van der Waals surface area (Å²) in [5.74, 6) is 1.22. The number of hydrogen-bond acceptors (Lipinski definition) is 4. The van der Waals surface area contributed by atoms with Crippen molar-refractivity contribution in [1.82, 2.24) is 9.80 Å². The van der Waals surface area contributed by atoms with Crippen molar-refractivity contribution in [3.63, 3.8) is 0 Å². The van der Waals surface area contributed by atoms with Crippen molar-refractivity contribution >= 4 is 11.1 Å². The van der Waals surface area contributed by atoms with Crippen molar-refractivity contribution in [2.75, 3.05) is 39.3 Å². The molecule has 2 heterocycles. The van der Waals surface area contributed by atoms with E-state index in [4.69, 9.17) is 4.74 Å². The van der Waals surface area contributed by atoms with Crippen LogP contribution in [0.1, 0.15) is 55.7 Å². The maximum atomic E-state index is 9.91. The summed E-state index contributed by atoms with van der Waals surface area (Å²) in [6.45, 7) is 8.99. The van der Waals surface area contributed by atoms with Crippen molar-refractivity contribution in [1.29, 1.82) is 0 Å². The van der Waals surface area contributed by atoms with Crippen LogP contribution in [0.3, 0.4) is 0 Å². The predicted molar refractivity (Wildman–Crippen MR) is 153 cm³/mol. The Kier molecular flexibility index (Phi) is 8.60. The fourth-order valence-electron chi connectivity index (χ4n) is 5.84. The van der Waals surface area contributed by atoms with Gasteiger partial charge in [-0.1, -0.05) is 61.5 Å². The normalized spacial score (nSPS) is 17.4. The molecule has 4 heteroatoms. The molecule has 2 fully saturated rings. The largest absolute Gasteiger partial charge is 0.508 e. The van der Waals surface area contributed by atoms with E-state index in [-0.39, 0.29) is 11.9 Å². The van der Waals surface area contributed by atoms with E-state index in [1.54, 1.807) is 12.1 Å². The van der Waals surface area contributed by atoms with Gasteiger partial charge in [0.15, 0.2) is 0 Å². The zero-order valence-electron chi connectivity index (χ0n) is 22.1. The Morgan fingerprint density at radius 3 is 1.73 bits per heavy atom. The summed E-state index contributed by atoms with van der Waals surface area (Å²) in [5, 5.41) is 9.91. The Morgan fingerprint density at radius 2 is 1.22 bits per heavy atom. The third-order valence-corrected chi connectivity index (χ3v) is 7.70. The van der Waals surface area contributed by atoms with Gasteiger partial charge in [0.2, 0.25) is 0 Å². The number of benzene rings is 3. The highest BCUT2D eigenvalue weighted by Gasteiger charge is 2.23. The average molecular weight is 497 g/mol. The lowest BCUT2D eigenvalue weighted by atomic mass is 9.88. The number of likely N-dealkylation sites (tertiary alicyclic amines) is 2. The highest BCUT2D eigenvalue weighted by Crippen LogP contribution is 2.35. The highest BCUT2D eigenvalue weighted by molar-refractivity contribution is 5.98. The summed E-state index contributed by atoms with van der Waals surface area (Å²) < 4.78 is 6.63. The van der Waals surface area contributed by atoms with E-state index in [9.17, 15) is 5.11 Å². The molecule has 0 atom stereocenters. The molecule has 0 aromatic heterocycles. The van der Waals surface area contributed by atoms with Crippen molar-refractivity contribution < 1.29 is 9.84 Å². The first-order valence-electron chi connectivity index (χ1n) is 14.0. The van der Waals surface area contributed by atoms with E-state index in [1.807, 2.05) is 12.1 Å². The first kappa shape index (κ1) is 25.6. The highest BCUT2D eigenvalue weighted by atomic mass is 16.5. The van der Waals surface area contributed by atoms with Gasteiger partial charge in [-0.05, 0) is 110 Å². The second-order valence-electron chi connectivity index (χ2n) is 10.4. The second-order valence-corrected chi connectivity index (χ2v) is 10.4. The van der Waals surface area contributed by atoms with Gasteiger partial charge in [-0.2, -0.15) is 0 Å². The van der Waals surface area contributed by atoms with Gasteiger partial charge in [0.25, 0.3) is 0 Å². The lowest BCUT2D eigenvalue weighted by molar-refractivity contribution is 0.109. The molecule has 4 nitrogen and oxygen atoms in total. The summed E-state index contributed by atoms with van der Waals surface area (Å²) in [7, 11) is 0. The maximum Gasteiger partial charge on any atom is 0.124 e. The molecule has 0 aliphatic carbocycles. The zero-order valence-corrected chi connectivity index (χ0v) is 22.1. The Morgan fingerprint density at radius 1 is 0.703 bits per heavy atom. The monoisotopic (exact) mass is 496 g/mol. The van der Waals surface area contributed by atoms with Gasteiger partial charge in [0, 0.05) is 13.1 Å². The molecular formula is C33H40N2O2. The number of nitrogens with zero attached hydrogens (tertiary/aromatic N) is 2. The third kappa shape index (κ3) is 6.63. The van der Waals surface area contributed by atoms with Crippen LogP contribution in [0.4, 0.5) is 0 Å². The summed E-state index contributed by atoms with van der Waals surface area (Å²) in [6, 6.07) is 26.8. The molecule has 37 heavy (non-hydrogen) atoms. The number of allylic oxidation sites excluding steroid dienone is 1. The summed E-state index contributed by atoms with van der Waals surface area (Å²) in [4.78, 5) is 5.13. The summed E-state index contributed by atoms with van der Waals surface area (Å²) in [5.41, 5.74) is 5.99. The van der Waals surface area contributed by atoms with Crippen LogP contribution >= 0.6 is 0 Å². The van der Waals surface area contributed by atoms with E-state index in [0.29, 0.717) is 0 Å². The van der Waals surface area contributed by atoms with Crippen LogP contribution in [-0.4, -0.2) is 60.3 Å². The second kappa shape index (κ2) is 12.4. The molecule has 194 valence electrons. The van der Waals surface area contributed by atoms with Crippen LogP contribution < -0.4 is 4.74 Å². The molecule has 5 rings (SSSR count). The topological polar surface area (TPSA) is 35.9 Å². The minimum atomic E-state index is 0.185. The first-order chi connectivity index (χ1) is 18.2. The van der Waals surface area contributed by atoms with Crippen LogP contribution in [0.25, 0.3) is 11.1 Å².